The maximum Gasteiger partial charge on any atom is 0.261 e. The van der Waals surface area contributed by atoms with Crippen LogP contribution in [0.15, 0.2) is 23.4 Å². The first-order chi connectivity index (χ1) is 10.4. The van der Waals surface area contributed by atoms with Crippen molar-refractivity contribution in [2.75, 3.05) is 6.61 Å². The number of rotatable bonds is 8. The number of carbonyl (C=O) groups is 1. The molecule has 0 saturated carbocycles. The van der Waals surface area contributed by atoms with Crippen molar-refractivity contribution in [3.05, 3.63) is 35.1 Å². The molecule has 0 saturated heterocycles. The zero-order chi connectivity index (χ0) is 16.5. The quantitative estimate of drug-likeness (QED) is 0.440. The summed E-state index contributed by atoms with van der Waals surface area (Å²) in [5, 5.41) is 6.32. The molecule has 0 fully saturated rings. The molecule has 6 heteroatoms. The van der Waals surface area contributed by atoms with Crippen LogP contribution in [0.4, 0.5) is 4.39 Å². The summed E-state index contributed by atoms with van der Waals surface area (Å²) in [7, 11) is 0. The van der Waals surface area contributed by atoms with E-state index in [1.54, 1.807) is 19.1 Å². The molecule has 122 valence electrons. The summed E-state index contributed by atoms with van der Waals surface area (Å²) in [6, 6.07) is 4.84. The maximum atomic E-state index is 13.4. The highest BCUT2D eigenvalue weighted by molar-refractivity contribution is 5.80. The Bertz CT molecular complexity index is 530. The van der Waals surface area contributed by atoms with Gasteiger partial charge in [0, 0.05) is 13.0 Å². The first-order valence-corrected chi connectivity index (χ1v) is 7.34. The molecule has 1 amide bonds. The molecule has 1 rings (SSSR count). The minimum absolute atomic E-state index is 0.212. The highest BCUT2D eigenvalue weighted by atomic mass is 19.1. The zero-order valence-corrected chi connectivity index (χ0v) is 13.4. The molecule has 0 radical (unpaired) electrons. The second-order valence-electron chi connectivity index (χ2n) is 5.65. The number of nitrogens with two attached hydrogens (primary N) is 1. The fraction of sp³-hybridized carbons (Fsp3) is 0.500. The van der Waals surface area contributed by atoms with E-state index in [1.165, 1.54) is 6.07 Å². The molecular formula is C16H24FN3O2. The number of nitrogens with one attached hydrogen (secondary N) is 1. The van der Waals surface area contributed by atoms with E-state index in [9.17, 15) is 9.18 Å². The summed E-state index contributed by atoms with van der Waals surface area (Å²) in [5.41, 5.74) is 6.92. The van der Waals surface area contributed by atoms with Crippen molar-refractivity contribution in [1.29, 1.82) is 0 Å². The summed E-state index contributed by atoms with van der Waals surface area (Å²) in [4.78, 5) is 16.5. The second-order valence-corrected chi connectivity index (χ2v) is 5.65. The van der Waals surface area contributed by atoms with Crippen LogP contribution in [0.1, 0.15) is 37.8 Å². The van der Waals surface area contributed by atoms with Gasteiger partial charge in [-0.1, -0.05) is 31.1 Å². The predicted molar refractivity (Wildman–Crippen MR) is 84.6 cm³/mol. The fourth-order valence-corrected chi connectivity index (χ4v) is 1.65. The molecule has 0 heterocycles. The van der Waals surface area contributed by atoms with E-state index in [2.05, 4.69) is 24.3 Å². The molecule has 0 bridgehead atoms. The van der Waals surface area contributed by atoms with Gasteiger partial charge in [0.25, 0.3) is 5.91 Å². The largest absolute Gasteiger partial charge is 0.384 e. The third-order valence-corrected chi connectivity index (χ3v) is 3.08. The van der Waals surface area contributed by atoms with Crippen molar-refractivity contribution in [2.24, 2.45) is 16.8 Å². The van der Waals surface area contributed by atoms with Crippen LogP contribution in [0.3, 0.4) is 0 Å². The van der Waals surface area contributed by atoms with Crippen LogP contribution < -0.4 is 11.1 Å². The van der Waals surface area contributed by atoms with E-state index in [4.69, 9.17) is 10.6 Å². The van der Waals surface area contributed by atoms with Crippen molar-refractivity contribution >= 4 is 11.7 Å². The van der Waals surface area contributed by atoms with Gasteiger partial charge in [-0.15, -0.1) is 0 Å². The Hall–Kier alpha value is -2.11. The van der Waals surface area contributed by atoms with Crippen LogP contribution in [-0.4, -0.2) is 18.3 Å². The normalized spacial score (nSPS) is 11.6. The number of aryl methyl sites for hydroxylation is 1. The van der Waals surface area contributed by atoms with E-state index in [-0.39, 0.29) is 24.9 Å². The number of hydrogen-bond acceptors (Lipinski definition) is 3. The summed E-state index contributed by atoms with van der Waals surface area (Å²) >= 11 is 0. The molecular weight excluding hydrogens is 285 g/mol. The fourth-order valence-electron chi connectivity index (χ4n) is 1.65. The van der Waals surface area contributed by atoms with Crippen molar-refractivity contribution in [3.8, 4) is 0 Å². The monoisotopic (exact) mass is 309 g/mol. The van der Waals surface area contributed by atoms with Gasteiger partial charge >= 0.3 is 0 Å². The molecule has 0 aliphatic heterocycles. The molecule has 0 atom stereocenters. The first kappa shape index (κ1) is 17.9. The Balaban J connectivity index is 2.28. The SMILES string of the molecule is Cc1ccc(CNC(=O)CO/N=C(\N)CCC(C)C)cc1F. The van der Waals surface area contributed by atoms with E-state index in [1.807, 2.05) is 0 Å². The number of amides is 1. The Morgan fingerprint density at radius 2 is 2.18 bits per heavy atom. The third-order valence-electron chi connectivity index (χ3n) is 3.08. The highest BCUT2D eigenvalue weighted by Crippen LogP contribution is 2.08. The second kappa shape index (κ2) is 9.02. The maximum absolute atomic E-state index is 13.4. The molecule has 1 aromatic rings. The number of nitrogens with zero attached hydrogens (tertiary/aromatic N) is 1. The van der Waals surface area contributed by atoms with Gasteiger partial charge < -0.3 is 15.9 Å². The van der Waals surface area contributed by atoms with Crippen molar-refractivity contribution in [2.45, 2.75) is 40.2 Å². The van der Waals surface area contributed by atoms with Gasteiger partial charge in [-0.2, -0.15) is 0 Å². The molecule has 0 spiro atoms. The molecule has 0 unspecified atom stereocenters. The highest BCUT2D eigenvalue weighted by Gasteiger charge is 2.04. The zero-order valence-electron chi connectivity index (χ0n) is 13.4. The summed E-state index contributed by atoms with van der Waals surface area (Å²) in [5.74, 6) is 0.293. The Morgan fingerprint density at radius 1 is 1.45 bits per heavy atom. The number of hydrogen-bond donors (Lipinski definition) is 2. The Kier molecular flexibility index (Phi) is 7.36. The van der Waals surface area contributed by atoms with E-state index in [0.717, 1.165) is 6.42 Å². The van der Waals surface area contributed by atoms with Crippen LogP contribution in [0.2, 0.25) is 0 Å². The number of benzene rings is 1. The number of carbonyl (C=O) groups excluding carboxylic acids is 1. The molecule has 0 aromatic heterocycles. The van der Waals surface area contributed by atoms with Crippen molar-refractivity contribution < 1.29 is 14.0 Å². The minimum atomic E-state index is -0.332. The van der Waals surface area contributed by atoms with E-state index >= 15 is 0 Å². The van der Waals surface area contributed by atoms with Crippen molar-refractivity contribution in [3.63, 3.8) is 0 Å². The van der Waals surface area contributed by atoms with E-state index < -0.39 is 0 Å². The summed E-state index contributed by atoms with van der Waals surface area (Å²) in [6.45, 7) is 5.90. The van der Waals surface area contributed by atoms with Crippen LogP contribution in [-0.2, 0) is 16.2 Å². The lowest BCUT2D eigenvalue weighted by Gasteiger charge is -2.06. The van der Waals surface area contributed by atoms with Gasteiger partial charge in [0.15, 0.2) is 6.61 Å². The lowest BCUT2D eigenvalue weighted by Crippen LogP contribution is -2.27. The molecule has 0 aliphatic carbocycles. The van der Waals surface area contributed by atoms with Gasteiger partial charge in [0.1, 0.15) is 11.7 Å². The van der Waals surface area contributed by atoms with Crippen LogP contribution >= 0.6 is 0 Å². The van der Waals surface area contributed by atoms with Gasteiger partial charge in [-0.25, -0.2) is 4.39 Å². The van der Waals surface area contributed by atoms with Gasteiger partial charge in [-0.05, 0) is 36.5 Å². The number of halogens is 1. The topological polar surface area (TPSA) is 76.7 Å². The predicted octanol–water partition coefficient (Wildman–Crippen LogP) is 2.48. The van der Waals surface area contributed by atoms with Crippen LogP contribution in [0.5, 0.6) is 0 Å². The standard InChI is InChI=1S/C16H24FN3O2/c1-11(2)4-7-15(18)20-22-10-16(21)19-9-13-6-5-12(3)14(17)8-13/h5-6,8,11H,4,7,9-10H2,1-3H3,(H2,18,20)(H,19,21). The molecule has 3 N–H and O–H groups in total. The average Bonchev–Trinajstić information content (AvgIpc) is 2.46. The lowest BCUT2D eigenvalue weighted by molar-refractivity contribution is -0.125. The summed E-state index contributed by atoms with van der Waals surface area (Å²) in [6.07, 6.45) is 1.56. The Morgan fingerprint density at radius 3 is 2.82 bits per heavy atom. The van der Waals surface area contributed by atoms with Crippen LogP contribution in [0.25, 0.3) is 0 Å². The van der Waals surface area contributed by atoms with E-state index in [0.29, 0.717) is 29.3 Å². The number of oxime groups is 1. The molecule has 0 aliphatic rings. The van der Waals surface area contributed by atoms with Crippen LogP contribution in [0, 0.1) is 18.7 Å². The summed E-state index contributed by atoms with van der Waals surface area (Å²) < 4.78 is 13.4. The van der Waals surface area contributed by atoms with Gasteiger partial charge in [-0.3, -0.25) is 4.79 Å². The minimum Gasteiger partial charge on any atom is -0.384 e. The van der Waals surface area contributed by atoms with Crippen molar-refractivity contribution in [1.82, 2.24) is 5.32 Å². The van der Waals surface area contributed by atoms with Gasteiger partial charge in [0.2, 0.25) is 0 Å². The Labute approximate surface area is 130 Å². The molecule has 5 nitrogen and oxygen atoms in total. The molecule has 22 heavy (non-hydrogen) atoms. The number of amidine groups is 1. The lowest BCUT2D eigenvalue weighted by atomic mass is 10.1. The molecule has 1 aromatic carbocycles. The third kappa shape index (κ3) is 7.06. The smallest absolute Gasteiger partial charge is 0.261 e. The first-order valence-electron chi connectivity index (χ1n) is 7.34. The average molecular weight is 309 g/mol. The van der Waals surface area contributed by atoms with Gasteiger partial charge in [0.05, 0.1) is 0 Å².